The molecule has 1 rings (SSSR count). The van der Waals surface area contributed by atoms with Crippen LogP contribution in [-0.4, -0.2) is 18.0 Å². The molecule has 0 spiro atoms. The summed E-state index contributed by atoms with van der Waals surface area (Å²) in [5, 5.41) is 19.3. The molecule has 0 aliphatic rings. The van der Waals surface area contributed by atoms with Gasteiger partial charge in [-0.15, -0.1) is 12.6 Å². The van der Waals surface area contributed by atoms with Gasteiger partial charge >= 0.3 is 5.97 Å². The Labute approximate surface area is 96.0 Å². The number of esters is 1. The zero-order valence-electron chi connectivity index (χ0n) is 8.13. The van der Waals surface area contributed by atoms with Crippen LogP contribution in [0.1, 0.15) is 15.9 Å². The molecule has 0 aliphatic carbocycles. The van der Waals surface area contributed by atoms with Crippen molar-refractivity contribution in [2.75, 3.05) is 7.11 Å². The first-order valence-corrected chi connectivity index (χ1v) is 4.45. The van der Waals surface area contributed by atoms with E-state index in [1.807, 2.05) is 0 Å². The Kier molecular flexibility index (Phi) is 3.48. The van der Waals surface area contributed by atoms with Crippen LogP contribution in [0.15, 0.2) is 17.0 Å². The Bertz CT molecular complexity index is 507. The molecule has 0 aromatic heterocycles. The molecule has 0 saturated heterocycles. The number of benzene rings is 1. The molecule has 0 heterocycles. The Balaban J connectivity index is 3.46. The predicted octanol–water partition coefficient (Wildman–Crippen LogP) is 1.54. The fourth-order valence-corrected chi connectivity index (χ4v) is 1.38. The third-order valence-electron chi connectivity index (χ3n) is 1.84. The summed E-state index contributed by atoms with van der Waals surface area (Å²) in [6, 6.07) is 3.80. The number of carbonyl (C=O) groups excluding carboxylic acids is 1. The number of nitrogens with zero attached hydrogens (tertiary/aromatic N) is 2. The number of methoxy groups -OCH3 is 1. The molecule has 0 fully saturated rings. The summed E-state index contributed by atoms with van der Waals surface area (Å²) in [6.45, 7) is 0. The van der Waals surface area contributed by atoms with Crippen LogP contribution in [0.3, 0.4) is 0 Å². The second-order valence-electron chi connectivity index (χ2n) is 2.75. The standard InChI is InChI=1S/C9H6N2O4S/c1-15-9(12)6-3-7(11(13)14)5(4-10)2-8(6)16/h2-3,16H,1H3. The number of thiol groups is 1. The van der Waals surface area contributed by atoms with Gasteiger partial charge in [0.15, 0.2) is 0 Å². The third-order valence-corrected chi connectivity index (χ3v) is 2.21. The average Bonchev–Trinajstić information content (AvgIpc) is 2.27. The van der Waals surface area contributed by atoms with E-state index in [2.05, 4.69) is 17.4 Å². The van der Waals surface area contributed by atoms with Crippen LogP contribution in [0.5, 0.6) is 0 Å². The number of hydrogen-bond donors (Lipinski definition) is 1. The van der Waals surface area contributed by atoms with Crippen molar-refractivity contribution in [3.63, 3.8) is 0 Å². The van der Waals surface area contributed by atoms with Gasteiger partial charge in [0.25, 0.3) is 5.69 Å². The Morgan fingerprint density at radius 2 is 2.25 bits per heavy atom. The van der Waals surface area contributed by atoms with Crippen LogP contribution in [0, 0.1) is 21.4 Å². The van der Waals surface area contributed by atoms with Crippen LogP contribution in [0.2, 0.25) is 0 Å². The molecule has 0 bridgehead atoms. The summed E-state index contributed by atoms with van der Waals surface area (Å²) in [4.78, 5) is 21.3. The summed E-state index contributed by atoms with van der Waals surface area (Å²) in [7, 11) is 1.15. The first-order valence-electron chi connectivity index (χ1n) is 4.01. The smallest absolute Gasteiger partial charge is 0.339 e. The summed E-state index contributed by atoms with van der Waals surface area (Å²) in [6.07, 6.45) is 0. The van der Waals surface area contributed by atoms with Crippen molar-refractivity contribution in [3.8, 4) is 6.07 Å². The normalized spacial score (nSPS) is 9.31. The number of carbonyl (C=O) groups is 1. The molecule has 6 nitrogen and oxygen atoms in total. The Hall–Kier alpha value is -2.07. The topological polar surface area (TPSA) is 93.2 Å². The highest BCUT2D eigenvalue weighted by atomic mass is 32.1. The van der Waals surface area contributed by atoms with Crippen molar-refractivity contribution in [2.24, 2.45) is 0 Å². The maximum atomic E-state index is 11.2. The SMILES string of the molecule is COC(=O)c1cc([N+](=O)[O-])c(C#N)cc1S. The minimum Gasteiger partial charge on any atom is -0.465 e. The van der Waals surface area contributed by atoms with Crippen molar-refractivity contribution in [1.29, 1.82) is 5.26 Å². The van der Waals surface area contributed by atoms with Gasteiger partial charge in [0.2, 0.25) is 0 Å². The van der Waals surface area contributed by atoms with E-state index in [1.165, 1.54) is 0 Å². The van der Waals surface area contributed by atoms with Crippen molar-refractivity contribution < 1.29 is 14.5 Å². The summed E-state index contributed by atoms with van der Waals surface area (Å²) in [5.41, 5.74) is -0.639. The lowest BCUT2D eigenvalue weighted by Crippen LogP contribution is -2.04. The first kappa shape index (κ1) is 12.0. The highest BCUT2D eigenvalue weighted by Gasteiger charge is 2.20. The fourth-order valence-electron chi connectivity index (χ4n) is 1.09. The Morgan fingerprint density at radius 1 is 1.62 bits per heavy atom. The molecular formula is C9H6N2O4S. The number of ether oxygens (including phenoxy) is 1. The zero-order chi connectivity index (χ0) is 12.3. The maximum absolute atomic E-state index is 11.2. The maximum Gasteiger partial charge on any atom is 0.339 e. The van der Waals surface area contributed by atoms with E-state index < -0.39 is 16.6 Å². The van der Waals surface area contributed by atoms with Crippen LogP contribution < -0.4 is 0 Å². The van der Waals surface area contributed by atoms with Gasteiger partial charge in [-0.1, -0.05) is 0 Å². The number of nitro benzene ring substituents is 1. The second-order valence-corrected chi connectivity index (χ2v) is 3.23. The number of nitriles is 1. The lowest BCUT2D eigenvalue weighted by Gasteiger charge is -2.03. The fraction of sp³-hybridized carbons (Fsp3) is 0.111. The van der Waals surface area contributed by atoms with Gasteiger partial charge in [-0.3, -0.25) is 10.1 Å². The minimum absolute atomic E-state index is 0.0449. The first-order chi connectivity index (χ1) is 7.51. The molecule has 7 heteroatoms. The quantitative estimate of drug-likeness (QED) is 0.365. The van der Waals surface area contributed by atoms with E-state index >= 15 is 0 Å². The molecule has 0 amide bonds. The molecule has 0 radical (unpaired) electrons. The molecular weight excluding hydrogens is 232 g/mol. The Morgan fingerprint density at radius 3 is 2.69 bits per heavy atom. The van der Waals surface area contributed by atoms with E-state index in [0.717, 1.165) is 19.2 Å². The van der Waals surface area contributed by atoms with Gasteiger partial charge in [-0.25, -0.2) is 4.79 Å². The van der Waals surface area contributed by atoms with Gasteiger partial charge < -0.3 is 4.74 Å². The molecule has 1 aromatic carbocycles. The van der Waals surface area contributed by atoms with Crippen LogP contribution in [0.4, 0.5) is 5.69 Å². The number of nitro groups is 1. The molecule has 0 saturated carbocycles. The minimum atomic E-state index is -0.738. The zero-order valence-corrected chi connectivity index (χ0v) is 9.02. The highest BCUT2D eigenvalue weighted by Crippen LogP contribution is 2.25. The molecule has 0 aliphatic heterocycles. The van der Waals surface area contributed by atoms with Gasteiger partial charge in [-0.05, 0) is 6.07 Å². The molecule has 1 aromatic rings. The van der Waals surface area contributed by atoms with Gasteiger partial charge in [0, 0.05) is 11.0 Å². The van der Waals surface area contributed by atoms with E-state index in [1.54, 1.807) is 6.07 Å². The monoisotopic (exact) mass is 238 g/mol. The van der Waals surface area contributed by atoms with Crippen molar-refractivity contribution in [1.82, 2.24) is 0 Å². The molecule has 16 heavy (non-hydrogen) atoms. The predicted molar refractivity (Wildman–Crippen MR) is 56.4 cm³/mol. The van der Waals surface area contributed by atoms with Gasteiger partial charge in [0.1, 0.15) is 11.6 Å². The summed E-state index contributed by atoms with van der Waals surface area (Å²) >= 11 is 3.96. The van der Waals surface area contributed by atoms with Crippen molar-refractivity contribution in [3.05, 3.63) is 33.4 Å². The van der Waals surface area contributed by atoms with Gasteiger partial charge in [0.05, 0.1) is 17.6 Å². The summed E-state index contributed by atoms with van der Waals surface area (Å²) < 4.78 is 4.43. The van der Waals surface area contributed by atoms with Crippen LogP contribution in [-0.2, 0) is 4.74 Å². The molecule has 0 N–H and O–H groups in total. The molecule has 82 valence electrons. The van der Waals surface area contributed by atoms with Crippen LogP contribution >= 0.6 is 12.6 Å². The summed E-state index contributed by atoms with van der Waals surface area (Å²) in [5.74, 6) is -0.738. The average molecular weight is 238 g/mol. The van der Waals surface area contributed by atoms with E-state index in [-0.39, 0.29) is 16.0 Å². The largest absolute Gasteiger partial charge is 0.465 e. The van der Waals surface area contributed by atoms with Crippen molar-refractivity contribution >= 4 is 24.3 Å². The van der Waals surface area contributed by atoms with Crippen molar-refractivity contribution in [2.45, 2.75) is 4.90 Å². The lowest BCUT2D eigenvalue weighted by molar-refractivity contribution is -0.385. The molecule has 0 atom stereocenters. The van der Waals surface area contributed by atoms with E-state index in [9.17, 15) is 14.9 Å². The van der Waals surface area contributed by atoms with E-state index in [0.29, 0.717) is 0 Å². The molecule has 0 unspecified atom stereocenters. The van der Waals surface area contributed by atoms with E-state index in [4.69, 9.17) is 5.26 Å². The van der Waals surface area contributed by atoms with Gasteiger partial charge in [-0.2, -0.15) is 5.26 Å². The second kappa shape index (κ2) is 4.63. The van der Waals surface area contributed by atoms with Crippen LogP contribution in [0.25, 0.3) is 0 Å². The highest BCUT2D eigenvalue weighted by molar-refractivity contribution is 7.80. The number of rotatable bonds is 2. The number of hydrogen-bond acceptors (Lipinski definition) is 6. The third kappa shape index (κ3) is 2.12. The lowest BCUT2D eigenvalue weighted by atomic mass is 10.1.